The van der Waals surface area contributed by atoms with E-state index in [9.17, 15) is 19.8 Å². The molecule has 1 aliphatic rings. The van der Waals surface area contributed by atoms with Crippen LogP contribution in [0.15, 0.2) is 11.1 Å². The predicted molar refractivity (Wildman–Crippen MR) is 105 cm³/mol. The van der Waals surface area contributed by atoms with Crippen molar-refractivity contribution < 1.29 is 23.9 Å². The van der Waals surface area contributed by atoms with Crippen LogP contribution < -0.4 is 0 Å². The van der Waals surface area contributed by atoms with Crippen molar-refractivity contribution in [2.24, 2.45) is 16.7 Å². The van der Waals surface area contributed by atoms with E-state index in [2.05, 4.69) is 20.8 Å². The van der Waals surface area contributed by atoms with E-state index in [-0.39, 0.29) is 28.0 Å². The maximum absolute atomic E-state index is 12.2. The number of hydrogen-bond donors (Lipinski definition) is 2. The molecule has 1 unspecified atom stereocenters. The summed E-state index contributed by atoms with van der Waals surface area (Å²) in [5.41, 5.74) is -0.670. The fourth-order valence-electron chi connectivity index (χ4n) is 3.99. The Balaban J connectivity index is 3.52. The van der Waals surface area contributed by atoms with Gasteiger partial charge in [-0.2, -0.15) is 0 Å². The molecule has 0 spiro atoms. The zero-order valence-electron chi connectivity index (χ0n) is 16.5. The lowest BCUT2D eigenvalue weighted by Crippen LogP contribution is -2.43. The SMILES string of the molecule is CC([SiH2]O[SiH3])C(C)(C)C(C)(C)/C(C(=O)O)=C(\C(=O)O)C1CCCCC1. The molecule has 1 fully saturated rings. The van der Waals surface area contributed by atoms with E-state index in [1.807, 2.05) is 13.8 Å². The van der Waals surface area contributed by atoms with E-state index >= 15 is 0 Å². The van der Waals surface area contributed by atoms with Crippen molar-refractivity contribution in [3.63, 3.8) is 0 Å². The highest BCUT2D eigenvalue weighted by atomic mass is 28.3. The minimum Gasteiger partial charge on any atom is -0.478 e. The quantitative estimate of drug-likeness (QED) is 0.494. The normalized spacial score (nSPS) is 19.9. The van der Waals surface area contributed by atoms with Crippen molar-refractivity contribution in [1.29, 1.82) is 0 Å². The van der Waals surface area contributed by atoms with E-state index in [1.54, 1.807) is 0 Å². The largest absolute Gasteiger partial charge is 0.478 e. The van der Waals surface area contributed by atoms with E-state index in [0.29, 0.717) is 10.5 Å². The fourth-order valence-corrected chi connectivity index (χ4v) is 6.92. The highest BCUT2D eigenvalue weighted by Gasteiger charge is 2.48. The summed E-state index contributed by atoms with van der Waals surface area (Å²) in [7, 11) is -0.0734. The van der Waals surface area contributed by atoms with E-state index in [4.69, 9.17) is 4.12 Å². The molecule has 0 radical (unpaired) electrons. The second kappa shape index (κ2) is 8.64. The molecule has 7 heteroatoms. The van der Waals surface area contributed by atoms with Crippen molar-refractivity contribution in [3.8, 4) is 0 Å². The lowest BCUT2D eigenvalue weighted by molar-refractivity contribution is -0.138. The average Bonchev–Trinajstić information content (AvgIpc) is 2.52. The Bertz CT molecular complexity index is 534. The van der Waals surface area contributed by atoms with Crippen LogP contribution in [0.3, 0.4) is 0 Å². The Labute approximate surface area is 156 Å². The maximum atomic E-state index is 12.2. The molecule has 144 valence electrons. The molecule has 25 heavy (non-hydrogen) atoms. The van der Waals surface area contributed by atoms with Crippen LogP contribution in [-0.2, 0) is 13.7 Å². The highest BCUT2D eigenvalue weighted by molar-refractivity contribution is 6.36. The fraction of sp³-hybridized carbons (Fsp3) is 0.778. The molecular weight excluding hydrogens is 352 g/mol. The zero-order chi connectivity index (χ0) is 19.4. The van der Waals surface area contributed by atoms with Crippen LogP contribution in [0.4, 0.5) is 0 Å². The van der Waals surface area contributed by atoms with Gasteiger partial charge in [0.2, 0.25) is 0 Å². The number of aliphatic carboxylic acids is 2. The van der Waals surface area contributed by atoms with Crippen molar-refractivity contribution in [2.45, 2.75) is 72.3 Å². The van der Waals surface area contributed by atoms with Gasteiger partial charge in [-0.25, -0.2) is 9.59 Å². The summed E-state index contributed by atoms with van der Waals surface area (Å²) in [6.07, 6.45) is 4.57. The van der Waals surface area contributed by atoms with Gasteiger partial charge in [-0.3, -0.25) is 0 Å². The topological polar surface area (TPSA) is 83.8 Å². The first-order chi connectivity index (χ1) is 11.5. The summed E-state index contributed by atoms with van der Waals surface area (Å²) in [6.45, 7) is 9.98. The molecule has 1 aliphatic carbocycles. The van der Waals surface area contributed by atoms with Crippen molar-refractivity contribution in [3.05, 3.63) is 11.1 Å². The van der Waals surface area contributed by atoms with Gasteiger partial charge < -0.3 is 14.3 Å². The zero-order valence-corrected chi connectivity index (χ0v) is 19.9. The van der Waals surface area contributed by atoms with Crippen LogP contribution in [0.1, 0.15) is 66.7 Å². The van der Waals surface area contributed by atoms with Crippen molar-refractivity contribution in [2.75, 3.05) is 0 Å². The lowest BCUT2D eigenvalue weighted by Gasteiger charge is -2.47. The van der Waals surface area contributed by atoms with Gasteiger partial charge in [0.25, 0.3) is 0 Å². The summed E-state index contributed by atoms with van der Waals surface area (Å²) in [5, 5.41) is 19.9. The molecule has 0 aromatic heterocycles. The molecule has 0 heterocycles. The number of hydrogen-bond acceptors (Lipinski definition) is 3. The van der Waals surface area contributed by atoms with E-state index < -0.39 is 27.1 Å². The molecule has 1 atom stereocenters. The summed E-state index contributed by atoms with van der Waals surface area (Å²) < 4.78 is 5.55. The van der Waals surface area contributed by atoms with Crippen LogP contribution in [0.25, 0.3) is 0 Å². The number of carboxylic acids is 2. The Kier molecular flexibility index (Phi) is 7.64. The van der Waals surface area contributed by atoms with Crippen LogP contribution >= 0.6 is 0 Å². The lowest BCUT2D eigenvalue weighted by atomic mass is 9.60. The van der Waals surface area contributed by atoms with Crippen molar-refractivity contribution >= 4 is 32.2 Å². The van der Waals surface area contributed by atoms with E-state index in [0.717, 1.165) is 32.1 Å². The molecule has 1 saturated carbocycles. The van der Waals surface area contributed by atoms with E-state index in [1.165, 1.54) is 0 Å². The summed E-state index contributed by atoms with van der Waals surface area (Å²) >= 11 is 0. The number of carbonyl (C=O) groups is 2. The first kappa shape index (κ1) is 22.1. The minimum atomic E-state index is -1.10. The first-order valence-corrected chi connectivity index (χ1v) is 11.4. The van der Waals surface area contributed by atoms with Crippen LogP contribution in [0.2, 0.25) is 5.54 Å². The summed E-state index contributed by atoms with van der Waals surface area (Å²) in [6, 6.07) is 0. The van der Waals surface area contributed by atoms with Gasteiger partial charge in [0, 0.05) is 5.41 Å². The summed E-state index contributed by atoms with van der Waals surface area (Å²) in [4.78, 5) is 24.3. The molecular formula is C18H34O5Si2. The Hall–Kier alpha value is -0.926. The molecule has 0 saturated heterocycles. The number of rotatable bonds is 8. The highest BCUT2D eigenvalue weighted by Crippen LogP contribution is 2.53. The van der Waals surface area contributed by atoms with Gasteiger partial charge in [-0.1, -0.05) is 53.9 Å². The molecule has 0 aromatic rings. The van der Waals surface area contributed by atoms with Crippen LogP contribution in [0.5, 0.6) is 0 Å². The average molecular weight is 387 g/mol. The van der Waals surface area contributed by atoms with Gasteiger partial charge in [-0.15, -0.1) is 0 Å². The minimum absolute atomic E-state index is 0.0890. The molecule has 0 bridgehead atoms. The van der Waals surface area contributed by atoms with Gasteiger partial charge in [0.05, 0.1) is 11.1 Å². The van der Waals surface area contributed by atoms with Crippen molar-refractivity contribution in [1.82, 2.24) is 0 Å². The van der Waals surface area contributed by atoms with Crippen LogP contribution in [0, 0.1) is 16.7 Å². The second-order valence-electron chi connectivity index (χ2n) is 8.44. The molecule has 2 N–H and O–H groups in total. The van der Waals surface area contributed by atoms with Gasteiger partial charge >= 0.3 is 11.9 Å². The van der Waals surface area contributed by atoms with Crippen LogP contribution in [-0.4, -0.2) is 42.4 Å². The number of carboxylic acid groups (broad SMARTS) is 2. The first-order valence-electron chi connectivity index (χ1n) is 9.18. The summed E-state index contributed by atoms with van der Waals surface area (Å²) in [5.74, 6) is -2.33. The molecule has 1 rings (SSSR count). The molecule has 5 nitrogen and oxygen atoms in total. The standard InChI is InChI=1S/C18H34O5Si2/c1-11(25-23-24)17(2,3)18(4,5)14(16(21)22)13(15(19)20)12-9-7-6-8-10-12/h11-12H,6-10,25H2,1-5,24H3,(H,19,20)(H,21,22)/b14-13-. The molecule has 0 aromatic carbocycles. The monoisotopic (exact) mass is 386 g/mol. The Morgan fingerprint density at radius 3 is 2.00 bits per heavy atom. The molecule has 0 aliphatic heterocycles. The Morgan fingerprint density at radius 2 is 1.60 bits per heavy atom. The predicted octanol–water partition coefficient (Wildman–Crippen LogP) is 2.27. The Morgan fingerprint density at radius 1 is 1.08 bits per heavy atom. The van der Waals surface area contributed by atoms with Gasteiger partial charge in [0.1, 0.15) is 20.2 Å². The maximum Gasteiger partial charge on any atom is 0.332 e. The molecule has 0 amide bonds. The third-order valence-corrected chi connectivity index (χ3v) is 9.47. The smallest absolute Gasteiger partial charge is 0.332 e. The second-order valence-corrected chi connectivity index (χ2v) is 12.3. The third kappa shape index (κ3) is 4.62. The van der Waals surface area contributed by atoms with Gasteiger partial charge in [-0.05, 0) is 29.7 Å². The third-order valence-electron chi connectivity index (χ3n) is 6.61. The van der Waals surface area contributed by atoms with Gasteiger partial charge in [0.15, 0.2) is 0 Å².